The fraction of sp³-hybridized carbons (Fsp3) is 0.300. The van der Waals surface area contributed by atoms with Crippen LogP contribution >= 0.6 is 0 Å². The van der Waals surface area contributed by atoms with Crippen molar-refractivity contribution in [2.24, 2.45) is 0 Å². The second-order valence-corrected chi connectivity index (χ2v) is 8.70. The Morgan fingerprint density at radius 2 is 1.44 bits per heavy atom. The quantitative estimate of drug-likeness (QED) is 0.294. The highest BCUT2D eigenvalue weighted by molar-refractivity contribution is 5.66. The van der Waals surface area contributed by atoms with Crippen LogP contribution in [0.5, 0.6) is 0 Å². The molecule has 1 aliphatic heterocycles. The fourth-order valence-corrected chi connectivity index (χ4v) is 4.50. The van der Waals surface area contributed by atoms with Gasteiger partial charge < -0.3 is 14.8 Å². The fourth-order valence-electron chi connectivity index (χ4n) is 4.50. The van der Waals surface area contributed by atoms with Crippen LogP contribution < -0.4 is 5.32 Å². The average molecular weight is 456 g/mol. The topological polar surface area (TPSA) is 47.6 Å². The van der Waals surface area contributed by atoms with Crippen molar-refractivity contribution in [2.75, 3.05) is 13.2 Å². The van der Waals surface area contributed by atoms with E-state index in [1.54, 1.807) is 0 Å². The minimum Gasteiger partial charge on any atom is -0.458 e. The molecule has 0 saturated carbocycles. The molecule has 1 N–H and O–H groups in total. The maximum atomic E-state index is 11.7. The molecular weight excluding hydrogens is 422 g/mol. The second-order valence-electron chi connectivity index (χ2n) is 8.70. The molecule has 0 bridgehead atoms. The molecule has 1 heterocycles. The molecule has 1 aliphatic rings. The third kappa shape index (κ3) is 6.89. The van der Waals surface area contributed by atoms with Gasteiger partial charge in [0.05, 0.1) is 6.61 Å². The lowest BCUT2D eigenvalue weighted by molar-refractivity contribution is -0.147. The first-order chi connectivity index (χ1) is 16.7. The molecule has 4 nitrogen and oxygen atoms in total. The number of hydrogen-bond acceptors (Lipinski definition) is 4. The van der Waals surface area contributed by atoms with E-state index < -0.39 is 0 Å². The van der Waals surface area contributed by atoms with Crippen molar-refractivity contribution < 1.29 is 14.3 Å². The summed E-state index contributed by atoms with van der Waals surface area (Å²) in [4.78, 5) is 11.7. The van der Waals surface area contributed by atoms with Crippen LogP contribution in [0.2, 0.25) is 0 Å². The Balaban J connectivity index is 1.39. The Morgan fingerprint density at radius 3 is 2.00 bits per heavy atom. The van der Waals surface area contributed by atoms with Crippen LogP contribution in [-0.2, 0) is 14.3 Å². The molecule has 0 radical (unpaired) electrons. The lowest BCUT2D eigenvalue weighted by Crippen LogP contribution is -2.34. The van der Waals surface area contributed by atoms with Crippen LogP contribution in [-0.4, -0.2) is 25.2 Å². The van der Waals surface area contributed by atoms with Gasteiger partial charge in [-0.05, 0) is 36.1 Å². The summed E-state index contributed by atoms with van der Waals surface area (Å²) in [6.45, 7) is 3.04. The molecule has 0 saturated heterocycles. The molecule has 0 amide bonds. The zero-order chi connectivity index (χ0) is 23.6. The van der Waals surface area contributed by atoms with Crippen LogP contribution in [0.4, 0.5) is 0 Å². The average Bonchev–Trinajstić information content (AvgIpc) is 2.88. The van der Waals surface area contributed by atoms with Gasteiger partial charge in [0.25, 0.3) is 0 Å². The number of nitrogens with one attached hydrogen (secondary N) is 1. The zero-order valence-electron chi connectivity index (χ0n) is 19.7. The summed E-state index contributed by atoms with van der Waals surface area (Å²) < 4.78 is 12.1. The SMILES string of the molecule is CC(=O)O[C@@H](CC1C=C(CCOC(c2ccccc2)c2ccccc2)CCN1)c1ccccc1. The van der Waals surface area contributed by atoms with Crippen molar-refractivity contribution in [2.45, 2.75) is 44.4 Å². The zero-order valence-corrected chi connectivity index (χ0v) is 19.7. The van der Waals surface area contributed by atoms with Gasteiger partial charge in [-0.25, -0.2) is 0 Å². The number of benzene rings is 3. The van der Waals surface area contributed by atoms with E-state index in [2.05, 4.69) is 59.9 Å². The molecule has 0 aromatic heterocycles. The summed E-state index contributed by atoms with van der Waals surface area (Å²) in [7, 11) is 0. The highest BCUT2D eigenvalue weighted by Gasteiger charge is 2.22. The monoisotopic (exact) mass is 455 g/mol. The predicted molar refractivity (Wildman–Crippen MR) is 135 cm³/mol. The summed E-state index contributed by atoms with van der Waals surface area (Å²) in [6, 6.07) is 30.9. The van der Waals surface area contributed by atoms with Gasteiger partial charge in [0, 0.05) is 19.4 Å². The van der Waals surface area contributed by atoms with Crippen LogP contribution in [0, 0.1) is 0 Å². The van der Waals surface area contributed by atoms with Crippen molar-refractivity contribution in [3.8, 4) is 0 Å². The number of carbonyl (C=O) groups excluding carboxylic acids is 1. The van der Waals surface area contributed by atoms with Crippen LogP contribution in [0.3, 0.4) is 0 Å². The van der Waals surface area contributed by atoms with Gasteiger partial charge in [-0.15, -0.1) is 0 Å². The molecule has 0 fully saturated rings. The summed E-state index contributed by atoms with van der Waals surface area (Å²) in [5.74, 6) is -0.255. The van der Waals surface area contributed by atoms with Crippen molar-refractivity contribution in [3.05, 3.63) is 119 Å². The number of ether oxygens (including phenoxy) is 2. The van der Waals surface area contributed by atoms with Gasteiger partial charge >= 0.3 is 5.97 Å². The molecule has 4 heteroatoms. The van der Waals surface area contributed by atoms with Gasteiger partial charge in [-0.3, -0.25) is 4.79 Å². The predicted octanol–water partition coefficient (Wildman–Crippen LogP) is 6.17. The number of carbonyl (C=O) groups is 1. The summed E-state index contributed by atoms with van der Waals surface area (Å²) in [6.07, 6.45) is 4.56. The van der Waals surface area contributed by atoms with E-state index in [9.17, 15) is 4.79 Å². The first-order valence-electron chi connectivity index (χ1n) is 12.1. The van der Waals surface area contributed by atoms with E-state index in [0.717, 1.165) is 36.1 Å². The molecule has 3 aromatic carbocycles. The Bertz CT molecular complexity index is 1010. The van der Waals surface area contributed by atoms with Gasteiger partial charge in [-0.1, -0.05) is 103 Å². The largest absolute Gasteiger partial charge is 0.458 e. The Morgan fingerprint density at radius 1 is 0.882 bits per heavy atom. The maximum absolute atomic E-state index is 11.7. The molecule has 2 atom stereocenters. The summed E-state index contributed by atoms with van der Waals surface area (Å²) >= 11 is 0. The molecule has 1 unspecified atom stereocenters. The minimum atomic E-state index is -0.261. The third-order valence-electron chi connectivity index (χ3n) is 6.15. The molecule has 4 rings (SSSR count). The highest BCUT2D eigenvalue weighted by atomic mass is 16.5. The Hall–Kier alpha value is -3.21. The lowest BCUT2D eigenvalue weighted by atomic mass is 9.95. The number of esters is 1. The second kappa shape index (κ2) is 12.3. The molecule has 0 aliphatic carbocycles. The van der Waals surface area contributed by atoms with Crippen LogP contribution in [0.15, 0.2) is 103 Å². The molecule has 34 heavy (non-hydrogen) atoms. The minimum absolute atomic E-state index is 0.0769. The summed E-state index contributed by atoms with van der Waals surface area (Å²) in [5.41, 5.74) is 4.74. The molecule has 3 aromatic rings. The van der Waals surface area contributed by atoms with E-state index >= 15 is 0 Å². The molecule has 0 spiro atoms. The van der Waals surface area contributed by atoms with Crippen LogP contribution in [0.25, 0.3) is 0 Å². The van der Waals surface area contributed by atoms with E-state index in [0.29, 0.717) is 13.0 Å². The highest BCUT2D eigenvalue weighted by Crippen LogP contribution is 2.28. The van der Waals surface area contributed by atoms with Gasteiger partial charge in [0.1, 0.15) is 12.2 Å². The Labute approximate surface area is 202 Å². The van der Waals surface area contributed by atoms with E-state index in [4.69, 9.17) is 9.47 Å². The normalized spacial score (nSPS) is 16.6. The van der Waals surface area contributed by atoms with Crippen molar-refractivity contribution in [1.29, 1.82) is 0 Å². The van der Waals surface area contributed by atoms with Crippen molar-refractivity contribution >= 4 is 5.97 Å². The lowest BCUT2D eigenvalue weighted by Gasteiger charge is -2.27. The molecular formula is C30H33NO3. The van der Waals surface area contributed by atoms with Crippen molar-refractivity contribution in [1.82, 2.24) is 5.32 Å². The summed E-state index contributed by atoms with van der Waals surface area (Å²) in [5, 5.41) is 3.56. The van der Waals surface area contributed by atoms with E-state index in [1.807, 2.05) is 42.5 Å². The van der Waals surface area contributed by atoms with Gasteiger partial charge in [-0.2, -0.15) is 0 Å². The van der Waals surface area contributed by atoms with Crippen LogP contribution in [0.1, 0.15) is 55.1 Å². The third-order valence-corrected chi connectivity index (χ3v) is 6.15. The first kappa shape index (κ1) is 23.9. The van der Waals surface area contributed by atoms with E-state index in [-0.39, 0.29) is 24.2 Å². The number of hydrogen-bond donors (Lipinski definition) is 1. The maximum Gasteiger partial charge on any atom is 0.303 e. The number of rotatable bonds is 10. The van der Waals surface area contributed by atoms with Crippen molar-refractivity contribution in [3.63, 3.8) is 0 Å². The molecule has 176 valence electrons. The standard InChI is InChI=1S/C30H33NO3/c1-23(32)34-29(25-11-5-2-6-12-25)22-28-21-24(17-19-31-28)18-20-33-30(26-13-7-3-8-14-26)27-15-9-4-10-16-27/h2-16,21,28-31H,17-20,22H2,1H3/t28?,29-/m0/s1. The Kier molecular flexibility index (Phi) is 8.66. The smallest absolute Gasteiger partial charge is 0.303 e. The van der Waals surface area contributed by atoms with Gasteiger partial charge in [0.2, 0.25) is 0 Å². The van der Waals surface area contributed by atoms with E-state index in [1.165, 1.54) is 12.5 Å². The first-order valence-corrected chi connectivity index (χ1v) is 12.1. The van der Waals surface area contributed by atoms with Gasteiger partial charge in [0.15, 0.2) is 0 Å².